The number of anilines is 1. The molecule has 1 saturated heterocycles. The lowest BCUT2D eigenvalue weighted by molar-refractivity contribution is 0.122. The fourth-order valence-corrected chi connectivity index (χ4v) is 3.92. The topological polar surface area (TPSA) is 48.9 Å². The molecule has 0 atom stereocenters. The molecular formula is C21H30N4OS. The standard InChI is InChI=1S/C21H30N4OS/c1-3-19-9-10-20(27-19)16-24-21(22-4-2)23-15-17-5-7-18(8-6-17)25-11-13-26-14-12-25/h5-10H,3-4,11-16H2,1-2H3,(H2,22,23,24). The SMILES string of the molecule is CCNC(=NCc1ccc(N2CCOCC2)cc1)NCc1ccc(CC)s1. The van der Waals surface area contributed by atoms with Crippen LogP contribution in [0.4, 0.5) is 5.69 Å². The maximum absolute atomic E-state index is 5.42. The number of morpholine rings is 1. The Bertz CT molecular complexity index is 720. The highest BCUT2D eigenvalue weighted by molar-refractivity contribution is 7.11. The third-order valence-electron chi connectivity index (χ3n) is 4.57. The minimum absolute atomic E-state index is 0.670. The van der Waals surface area contributed by atoms with E-state index in [9.17, 15) is 0 Å². The molecule has 1 fully saturated rings. The molecule has 0 amide bonds. The van der Waals surface area contributed by atoms with Crippen molar-refractivity contribution in [1.82, 2.24) is 10.6 Å². The van der Waals surface area contributed by atoms with Gasteiger partial charge in [-0.3, -0.25) is 0 Å². The normalized spacial score (nSPS) is 15.0. The van der Waals surface area contributed by atoms with Crippen LogP contribution in [0.1, 0.15) is 29.2 Å². The second-order valence-corrected chi connectivity index (χ2v) is 7.79. The van der Waals surface area contributed by atoms with E-state index >= 15 is 0 Å². The van der Waals surface area contributed by atoms with Crippen LogP contribution in [0.5, 0.6) is 0 Å². The van der Waals surface area contributed by atoms with Crippen LogP contribution in [0.3, 0.4) is 0 Å². The lowest BCUT2D eigenvalue weighted by Gasteiger charge is -2.28. The third kappa shape index (κ3) is 5.97. The Hall–Kier alpha value is -2.05. The Labute approximate surface area is 166 Å². The molecule has 2 aromatic rings. The Morgan fingerprint density at radius 1 is 1.04 bits per heavy atom. The lowest BCUT2D eigenvalue weighted by atomic mass is 10.2. The summed E-state index contributed by atoms with van der Waals surface area (Å²) in [6.07, 6.45) is 1.10. The number of aliphatic imine (C=N–C) groups is 1. The second kappa shape index (κ2) is 10.3. The number of aryl methyl sites for hydroxylation is 1. The molecule has 146 valence electrons. The first-order valence-corrected chi connectivity index (χ1v) is 10.6. The number of thiophene rings is 1. The van der Waals surface area contributed by atoms with Gasteiger partial charge in [0.2, 0.25) is 0 Å². The number of hydrogen-bond donors (Lipinski definition) is 2. The van der Waals surface area contributed by atoms with E-state index in [4.69, 9.17) is 9.73 Å². The fourth-order valence-electron chi connectivity index (χ4n) is 3.02. The molecule has 1 aromatic carbocycles. The number of rotatable bonds is 7. The van der Waals surface area contributed by atoms with E-state index in [0.29, 0.717) is 6.54 Å². The van der Waals surface area contributed by atoms with Crippen LogP contribution in [0.2, 0.25) is 0 Å². The van der Waals surface area contributed by atoms with E-state index in [1.165, 1.54) is 21.0 Å². The monoisotopic (exact) mass is 386 g/mol. The fraction of sp³-hybridized carbons (Fsp3) is 0.476. The second-order valence-electron chi connectivity index (χ2n) is 6.54. The van der Waals surface area contributed by atoms with Gasteiger partial charge in [-0.1, -0.05) is 19.1 Å². The largest absolute Gasteiger partial charge is 0.378 e. The number of guanidine groups is 1. The summed E-state index contributed by atoms with van der Waals surface area (Å²) in [6.45, 7) is 10.2. The van der Waals surface area contributed by atoms with Gasteiger partial charge >= 0.3 is 0 Å². The maximum atomic E-state index is 5.42. The Balaban J connectivity index is 1.55. The van der Waals surface area contributed by atoms with E-state index < -0.39 is 0 Å². The summed E-state index contributed by atoms with van der Waals surface area (Å²) in [4.78, 5) is 9.87. The van der Waals surface area contributed by atoms with E-state index in [-0.39, 0.29) is 0 Å². The van der Waals surface area contributed by atoms with Crippen molar-refractivity contribution in [2.75, 3.05) is 37.7 Å². The minimum atomic E-state index is 0.670. The Morgan fingerprint density at radius 3 is 2.44 bits per heavy atom. The molecule has 1 aromatic heterocycles. The van der Waals surface area contributed by atoms with Crippen LogP contribution in [0, 0.1) is 0 Å². The van der Waals surface area contributed by atoms with Gasteiger partial charge in [0.05, 0.1) is 26.3 Å². The van der Waals surface area contributed by atoms with Crippen LogP contribution < -0.4 is 15.5 Å². The van der Waals surface area contributed by atoms with Gasteiger partial charge in [-0.15, -0.1) is 11.3 Å². The van der Waals surface area contributed by atoms with E-state index in [0.717, 1.165) is 51.8 Å². The quantitative estimate of drug-likeness (QED) is 0.566. The van der Waals surface area contributed by atoms with Gasteiger partial charge < -0.3 is 20.3 Å². The molecule has 27 heavy (non-hydrogen) atoms. The van der Waals surface area contributed by atoms with Gasteiger partial charge in [-0.25, -0.2) is 4.99 Å². The summed E-state index contributed by atoms with van der Waals surface area (Å²) in [5.74, 6) is 0.862. The molecule has 0 unspecified atom stereocenters. The van der Waals surface area contributed by atoms with Crippen LogP contribution in [-0.4, -0.2) is 38.8 Å². The molecule has 0 saturated carbocycles. The van der Waals surface area contributed by atoms with Gasteiger partial charge in [0, 0.05) is 35.1 Å². The molecule has 6 heteroatoms. The number of nitrogens with zero attached hydrogens (tertiary/aromatic N) is 2. The molecule has 3 rings (SSSR count). The van der Waals surface area contributed by atoms with Crippen molar-refractivity contribution in [3.05, 3.63) is 51.7 Å². The zero-order valence-corrected chi connectivity index (χ0v) is 17.1. The number of hydrogen-bond acceptors (Lipinski definition) is 4. The average Bonchev–Trinajstić information content (AvgIpc) is 3.19. The number of nitrogens with one attached hydrogen (secondary N) is 2. The highest BCUT2D eigenvalue weighted by Crippen LogP contribution is 2.18. The van der Waals surface area contributed by atoms with Crippen molar-refractivity contribution in [1.29, 1.82) is 0 Å². The summed E-state index contributed by atoms with van der Waals surface area (Å²) in [7, 11) is 0. The van der Waals surface area contributed by atoms with Gasteiger partial charge in [-0.05, 0) is 43.2 Å². The van der Waals surface area contributed by atoms with Crippen molar-refractivity contribution in [3.8, 4) is 0 Å². The molecule has 0 aliphatic carbocycles. The molecule has 2 heterocycles. The smallest absolute Gasteiger partial charge is 0.191 e. The van der Waals surface area contributed by atoms with E-state index in [1.54, 1.807) is 0 Å². The average molecular weight is 387 g/mol. The van der Waals surface area contributed by atoms with Gasteiger partial charge in [0.1, 0.15) is 0 Å². The lowest BCUT2D eigenvalue weighted by Crippen LogP contribution is -2.36. The molecule has 1 aliphatic rings. The van der Waals surface area contributed by atoms with Crippen LogP contribution in [0.25, 0.3) is 0 Å². The maximum Gasteiger partial charge on any atom is 0.191 e. The summed E-state index contributed by atoms with van der Waals surface area (Å²) < 4.78 is 5.42. The summed E-state index contributed by atoms with van der Waals surface area (Å²) in [5, 5.41) is 6.76. The third-order valence-corrected chi connectivity index (χ3v) is 5.80. The van der Waals surface area contributed by atoms with Crippen molar-refractivity contribution in [2.24, 2.45) is 4.99 Å². The van der Waals surface area contributed by atoms with Crippen molar-refractivity contribution < 1.29 is 4.74 Å². The zero-order valence-electron chi connectivity index (χ0n) is 16.3. The Morgan fingerprint density at radius 2 is 1.78 bits per heavy atom. The summed E-state index contributed by atoms with van der Waals surface area (Å²) in [6, 6.07) is 13.1. The van der Waals surface area contributed by atoms with Crippen molar-refractivity contribution in [3.63, 3.8) is 0 Å². The summed E-state index contributed by atoms with van der Waals surface area (Å²) in [5.41, 5.74) is 2.48. The Kier molecular flexibility index (Phi) is 7.54. The first-order valence-electron chi connectivity index (χ1n) is 9.80. The predicted octanol–water partition coefficient (Wildman–Crippen LogP) is 3.40. The van der Waals surface area contributed by atoms with Crippen molar-refractivity contribution >= 4 is 23.0 Å². The molecular weight excluding hydrogens is 356 g/mol. The first-order chi connectivity index (χ1) is 13.3. The molecule has 0 spiro atoms. The predicted molar refractivity (Wildman–Crippen MR) is 115 cm³/mol. The van der Waals surface area contributed by atoms with Gasteiger partial charge in [0.15, 0.2) is 5.96 Å². The van der Waals surface area contributed by atoms with Crippen molar-refractivity contribution in [2.45, 2.75) is 33.4 Å². The van der Waals surface area contributed by atoms with Crippen LogP contribution in [-0.2, 0) is 24.2 Å². The molecule has 0 radical (unpaired) electrons. The zero-order chi connectivity index (χ0) is 18.9. The molecule has 5 nitrogen and oxygen atoms in total. The van der Waals surface area contributed by atoms with E-state index in [2.05, 4.69) is 65.8 Å². The number of ether oxygens (including phenoxy) is 1. The highest BCUT2D eigenvalue weighted by Gasteiger charge is 2.10. The molecule has 0 bridgehead atoms. The minimum Gasteiger partial charge on any atom is -0.378 e. The van der Waals surface area contributed by atoms with E-state index in [1.807, 2.05) is 11.3 Å². The van der Waals surface area contributed by atoms with Crippen LogP contribution in [0.15, 0.2) is 41.4 Å². The van der Waals surface area contributed by atoms with Gasteiger partial charge in [0.25, 0.3) is 0 Å². The van der Waals surface area contributed by atoms with Gasteiger partial charge in [-0.2, -0.15) is 0 Å². The van der Waals surface area contributed by atoms with Crippen LogP contribution >= 0.6 is 11.3 Å². The molecule has 2 N–H and O–H groups in total. The summed E-state index contributed by atoms with van der Waals surface area (Å²) >= 11 is 1.86. The number of benzene rings is 1. The first kappa shape index (κ1) is 19.7. The molecule has 1 aliphatic heterocycles. The highest BCUT2D eigenvalue weighted by atomic mass is 32.1.